The molecule has 1 N–H and O–H groups in total. The van der Waals surface area contributed by atoms with E-state index in [4.69, 9.17) is 16.3 Å². The van der Waals surface area contributed by atoms with E-state index in [9.17, 15) is 9.59 Å². The molecule has 0 aliphatic carbocycles. The predicted molar refractivity (Wildman–Crippen MR) is 68.3 cm³/mol. The summed E-state index contributed by atoms with van der Waals surface area (Å²) in [7, 11) is 0. The fourth-order valence-corrected chi connectivity index (χ4v) is 1.15. The van der Waals surface area contributed by atoms with Crippen molar-refractivity contribution >= 4 is 29.3 Å². The van der Waals surface area contributed by atoms with Crippen LogP contribution in [0.1, 0.15) is 20.8 Å². The molecule has 1 atom stereocenters. The minimum atomic E-state index is -0.864. The number of amides is 1. The molecule has 0 aliphatic rings. The molecule has 1 aromatic rings. The van der Waals surface area contributed by atoms with Gasteiger partial charge in [-0.2, -0.15) is 0 Å². The van der Waals surface area contributed by atoms with Crippen molar-refractivity contribution in [3.63, 3.8) is 0 Å². The van der Waals surface area contributed by atoms with Gasteiger partial charge in [-0.3, -0.25) is 9.59 Å². The van der Waals surface area contributed by atoms with E-state index in [1.807, 2.05) is 0 Å². The SMILES string of the molecule is CC(C)C(=O)O[C@H](C)C(=O)Nc1ccc(Cl)cn1. The predicted octanol–water partition coefficient (Wildman–Crippen LogP) is 2.26. The number of halogens is 1. The van der Waals surface area contributed by atoms with E-state index < -0.39 is 18.0 Å². The van der Waals surface area contributed by atoms with E-state index in [-0.39, 0.29) is 5.92 Å². The molecule has 0 bridgehead atoms. The Morgan fingerprint density at radius 1 is 1.33 bits per heavy atom. The molecule has 0 spiro atoms. The maximum absolute atomic E-state index is 11.7. The van der Waals surface area contributed by atoms with Crippen LogP contribution in [0.4, 0.5) is 5.82 Å². The summed E-state index contributed by atoms with van der Waals surface area (Å²) < 4.78 is 4.96. The van der Waals surface area contributed by atoms with Crippen molar-refractivity contribution < 1.29 is 14.3 Å². The second-order valence-corrected chi connectivity index (χ2v) is 4.52. The van der Waals surface area contributed by atoms with Crippen LogP contribution in [0.5, 0.6) is 0 Å². The fraction of sp³-hybridized carbons (Fsp3) is 0.417. The van der Waals surface area contributed by atoms with Gasteiger partial charge < -0.3 is 10.1 Å². The van der Waals surface area contributed by atoms with Crippen molar-refractivity contribution in [3.05, 3.63) is 23.4 Å². The number of esters is 1. The Morgan fingerprint density at radius 3 is 2.50 bits per heavy atom. The first-order chi connectivity index (χ1) is 8.40. The van der Waals surface area contributed by atoms with Gasteiger partial charge in [0.05, 0.1) is 10.9 Å². The number of ether oxygens (including phenoxy) is 1. The molecule has 1 heterocycles. The molecule has 0 saturated carbocycles. The lowest BCUT2D eigenvalue weighted by Crippen LogP contribution is -2.31. The highest BCUT2D eigenvalue weighted by atomic mass is 35.5. The second-order valence-electron chi connectivity index (χ2n) is 4.08. The van der Waals surface area contributed by atoms with E-state index in [1.165, 1.54) is 13.1 Å². The average molecular weight is 271 g/mol. The molecule has 98 valence electrons. The number of anilines is 1. The zero-order chi connectivity index (χ0) is 13.7. The van der Waals surface area contributed by atoms with Gasteiger partial charge in [0.25, 0.3) is 5.91 Å². The van der Waals surface area contributed by atoms with Gasteiger partial charge in [0, 0.05) is 6.20 Å². The van der Waals surface area contributed by atoms with Crippen molar-refractivity contribution in [1.82, 2.24) is 4.98 Å². The molecular weight excluding hydrogens is 256 g/mol. The Morgan fingerprint density at radius 2 is 2.00 bits per heavy atom. The summed E-state index contributed by atoms with van der Waals surface area (Å²) in [5, 5.41) is 3.01. The summed E-state index contributed by atoms with van der Waals surface area (Å²) in [6, 6.07) is 3.17. The minimum Gasteiger partial charge on any atom is -0.452 e. The molecule has 0 fully saturated rings. The number of pyridine rings is 1. The number of rotatable bonds is 4. The molecule has 1 amide bonds. The third-order valence-corrected chi connectivity index (χ3v) is 2.34. The van der Waals surface area contributed by atoms with Crippen LogP contribution in [-0.4, -0.2) is 23.0 Å². The Bertz CT molecular complexity index is 431. The first kappa shape index (κ1) is 14.4. The molecule has 0 saturated heterocycles. The van der Waals surface area contributed by atoms with Crippen LogP contribution in [0, 0.1) is 5.92 Å². The topological polar surface area (TPSA) is 68.3 Å². The van der Waals surface area contributed by atoms with E-state index in [0.717, 1.165) is 0 Å². The van der Waals surface area contributed by atoms with Gasteiger partial charge in [-0.25, -0.2) is 4.98 Å². The third-order valence-electron chi connectivity index (χ3n) is 2.11. The Kier molecular flexibility index (Phi) is 5.09. The van der Waals surface area contributed by atoms with E-state index in [0.29, 0.717) is 10.8 Å². The quantitative estimate of drug-likeness (QED) is 0.852. The standard InChI is InChI=1S/C12H15ClN2O3/c1-7(2)12(17)18-8(3)11(16)15-10-5-4-9(13)6-14-10/h4-8H,1-3H3,(H,14,15,16)/t8-/m1/s1. The van der Waals surface area contributed by atoms with E-state index in [1.54, 1.807) is 26.0 Å². The average Bonchev–Trinajstić information content (AvgIpc) is 2.31. The van der Waals surface area contributed by atoms with Crippen LogP contribution in [0.2, 0.25) is 5.02 Å². The first-order valence-electron chi connectivity index (χ1n) is 5.53. The third kappa shape index (κ3) is 4.33. The van der Waals surface area contributed by atoms with Crippen LogP contribution < -0.4 is 5.32 Å². The number of nitrogens with one attached hydrogen (secondary N) is 1. The van der Waals surface area contributed by atoms with E-state index >= 15 is 0 Å². The van der Waals surface area contributed by atoms with Crippen LogP contribution in [0.3, 0.4) is 0 Å². The monoisotopic (exact) mass is 270 g/mol. The van der Waals surface area contributed by atoms with Crippen molar-refractivity contribution in [3.8, 4) is 0 Å². The second kappa shape index (κ2) is 6.35. The molecule has 1 aromatic heterocycles. The molecule has 0 radical (unpaired) electrons. The lowest BCUT2D eigenvalue weighted by atomic mass is 10.2. The number of nitrogens with zero attached hydrogens (tertiary/aromatic N) is 1. The summed E-state index contributed by atoms with van der Waals surface area (Å²) >= 11 is 5.67. The molecule has 0 unspecified atom stereocenters. The van der Waals surface area contributed by atoms with Crippen LogP contribution in [0.25, 0.3) is 0 Å². The Hall–Kier alpha value is -1.62. The van der Waals surface area contributed by atoms with Gasteiger partial charge in [-0.15, -0.1) is 0 Å². The molecule has 6 heteroatoms. The Balaban J connectivity index is 2.54. The number of carbonyl (C=O) groups is 2. The largest absolute Gasteiger partial charge is 0.452 e. The van der Waals surface area contributed by atoms with Gasteiger partial charge >= 0.3 is 5.97 Å². The molecule has 0 aromatic carbocycles. The van der Waals surface area contributed by atoms with Crippen LogP contribution in [-0.2, 0) is 14.3 Å². The number of hydrogen-bond donors (Lipinski definition) is 1. The van der Waals surface area contributed by atoms with Crippen LogP contribution in [0.15, 0.2) is 18.3 Å². The Labute approximate surface area is 110 Å². The molecule has 0 aliphatic heterocycles. The van der Waals surface area contributed by atoms with Crippen molar-refractivity contribution in [2.24, 2.45) is 5.92 Å². The minimum absolute atomic E-state index is 0.270. The zero-order valence-corrected chi connectivity index (χ0v) is 11.2. The van der Waals surface area contributed by atoms with Crippen LogP contribution >= 0.6 is 11.6 Å². The van der Waals surface area contributed by atoms with Crippen molar-refractivity contribution in [1.29, 1.82) is 0 Å². The maximum Gasteiger partial charge on any atom is 0.309 e. The highest BCUT2D eigenvalue weighted by molar-refractivity contribution is 6.30. The molecule has 5 nitrogen and oxygen atoms in total. The highest BCUT2D eigenvalue weighted by Crippen LogP contribution is 2.10. The number of carbonyl (C=O) groups excluding carboxylic acids is 2. The van der Waals surface area contributed by atoms with E-state index in [2.05, 4.69) is 10.3 Å². The fourth-order valence-electron chi connectivity index (χ4n) is 1.04. The van der Waals surface area contributed by atoms with Gasteiger partial charge in [-0.05, 0) is 19.1 Å². The van der Waals surface area contributed by atoms with Gasteiger partial charge in [0.2, 0.25) is 0 Å². The zero-order valence-electron chi connectivity index (χ0n) is 10.4. The first-order valence-corrected chi connectivity index (χ1v) is 5.91. The lowest BCUT2D eigenvalue weighted by Gasteiger charge is -2.14. The van der Waals surface area contributed by atoms with Crippen molar-refractivity contribution in [2.45, 2.75) is 26.9 Å². The normalized spacial score (nSPS) is 12.1. The smallest absolute Gasteiger partial charge is 0.309 e. The number of hydrogen-bond acceptors (Lipinski definition) is 4. The molecular formula is C12H15ClN2O3. The lowest BCUT2D eigenvalue weighted by molar-refractivity contribution is -0.156. The van der Waals surface area contributed by atoms with Gasteiger partial charge in [0.15, 0.2) is 6.10 Å². The number of aromatic nitrogens is 1. The maximum atomic E-state index is 11.7. The summed E-state index contributed by atoms with van der Waals surface area (Å²) in [4.78, 5) is 26.9. The molecule has 18 heavy (non-hydrogen) atoms. The summed E-state index contributed by atoms with van der Waals surface area (Å²) in [5.41, 5.74) is 0. The summed E-state index contributed by atoms with van der Waals surface area (Å²) in [6.45, 7) is 4.91. The van der Waals surface area contributed by atoms with Gasteiger partial charge in [-0.1, -0.05) is 25.4 Å². The highest BCUT2D eigenvalue weighted by Gasteiger charge is 2.19. The molecule has 1 rings (SSSR count). The summed E-state index contributed by atoms with van der Waals surface area (Å²) in [6.07, 6.45) is 0.555. The van der Waals surface area contributed by atoms with Crippen molar-refractivity contribution in [2.75, 3.05) is 5.32 Å². The van der Waals surface area contributed by atoms with Gasteiger partial charge in [0.1, 0.15) is 5.82 Å². The summed E-state index contributed by atoms with van der Waals surface area (Å²) in [5.74, 6) is -0.758.